The summed E-state index contributed by atoms with van der Waals surface area (Å²) in [7, 11) is 2.11. The van der Waals surface area contributed by atoms with Crippen molar-refractivity contribution in [3.8, 4) is 17.3 Å². The second kappa shape index (κ2) is 6.57. The van der Waals surface area contributed by atoms with E-state index in [-0.39, 0.29) is 5.41 Å². The minimum Gasteiger partial charge on any atom is -0.200 e. The predicted octanol–water partition coefficient (Wildman–Crippen LogP) is 5.35. The Balaban J connectivity index is 2.22. The summed E-state index contributed by atoms with van der Waals surface area (Å²) in [6.45, 7) is 10.5. The van der Waals surface area contributed by atoms with Crippen molar-refractivity contribution in [3.63, 3.8) is 0 Å². The molecule has 0 spiro atoms. The lowest BCUT2D eigenvalue weighted by Crippen LogP contribution is -2.30. The fourth-order valence-electron chi connectivity index (χ4n) is 3.70. The van der Waals surface area contributed by atoms with E-state index in [4.69, 9.17) is 0 Å². The summed E-state index contributed by atoms with van der Waals surface area (Å²) < 4.78 is 2.21. The van der Waals surface area contributed by atoms with Crippen molar-refractivity contribution in [1.29, 1.82) is 5.26 Å². The van der Waals surface area contributed by atoms with E-state index in [1.54, 1.807) is 0 Å². The van der Waals surface area contributed by atoms with Gasteiger partial charge in [-0.15, -0.1) is 0 Å². The van der Waals surface area contributed by atoms with Crippen molar-refractivity contribution >= 4 is 10.8 Å². The predicted molar refractivity (Wildman–Crippen MR) is 108 cm³/mol. The van der Waals surface area contributed by atoms with Gasteiger partial charge in [-0.05, 0) is 75.2 Å². The Hall–Kier alpha value is -2.66. The Kier molecular flexibility index (Phi) is 4.59. The fourth-order valence-corrected chi connectivity index (χ4v) is 3.70. The van der Waals surface area contributed by atoms with Crippen LogP contribution in [0.5, 0.6) is 0 Å². The van der Waals surface area contributed by atoms with Gasteiger partial charge >= 0.3 is 0 Å². The first-order valence-electron chi connectivity index (χ1n) is 9.12. The van der Waals surface area contributed by atoms with E-state index in [9.17, 15) is 5.26 Å². The summed E-state index contributed by atoms with van der Waals surface area (Å²) in [4.78, 5) is 0. The summed E-state index contributed by atoms with van der Waals surface area (Å²) in [6.07, 6.45) is 2.90. The van der Waals surface area contributed by atoms with Gasteiger partial charge in [0, 0.05) is 6.07 Å². The van der Waals surface area contributed by atoms with E-state index >= 15 is 0 Å². The molecular weight excluding hydrogens is 316 g/mol. The monoisotopic (exact) mass is 343 g/mol. The molecule has 1 heterocycles. The third-order valence-electron chi connectivity index (χ3n) is 5.22. The van der Waals surface area contributed by atoms with Gasteiger partial charge in [-0.3, -0.25) is 0 Å². The van der Waals surface area contributed by atoms with Crippen molar-refractivity contribution < 1.29 is 4.57 Å². The molecule has 0 atom stereocenters. The lowest BCUT2D eigenvalue weighted by Gasteiger charge is -2.16. The van der Waals surface area contributed by atoms with E-state index < -0.39 is 0 Å². The number of nitrogens with zero attached hydrogens (tertiary/aromatic N) is 2. The quantitative estimate of drug-likeness (QED) is 0.589. The van der Waals surface area contributed by atoms with Crippen LogP contribution in [0.1, 0.15) is 36.1 Å². The molecule has 0 saturated carbocycles. The number of nitriles is 1. The Morgan fingerprint density at radius 2 is 1.77 bits per heavy atom. The van der Waals surface area contributed by atoms with Gasteiger partial charge in [0.1, 0.15) is 7.05 Å². The molecule has 0 aliphatic carbocycles. The maximum absolute atomic E-state index is 9.33. The van der Waals surface area contributed by atoms with Crippen LogP contribution < -0.4 is 4.57 Å². The number of rotatable bonds is 3. The number of aromatic nitrogens is 1. The highest BCUT2D eigenvalue weighted by Crippen LogP contribution is 2.31. The number of aryl methyl sites for hydroxylation is 3. The van der Waals surface area contributed by atoms with Gasteiger partial charge in [0.25, 0.3) is 0 Å². The Morgan fingerprint density at radius 3 is 2.46 bits per heavy atom. The second-order valence-corrected chi connectivity index (χ2v) is 8.12. The maximum atomic E-state index is 9.33. The largest absolute Gasteiger partial charge is 0.220 e. The zero-order valence-corrected chi connectivity index (χ0v) is 16.6. The average Bonchev–Trinajstić information content (AvgIpc) is 2.58. The van der Waals surface area contributed by atoms with Gasteiger partial charge in [0.2, 0.25) is 5.69 Å². The van der Waals surface area contributed by atoms with Gasteiger partial charge in [0.05, 0.1) is 22.4 Å². The molecule has 0 unspecified atom stereocenters. The number of hydrogen-bond acceptors (Lipinski definition) is 1. The van der Waals surface area contributed by atoms with Crippen LogP contribution in [0.25, 0.3) is 22.0 Å². The van der Waals surface area contributed by atoms with E-state index in [0.29, 0.717) is 0 Å². The Bertz CT molecular complexity index is 1040. The number of pyridine rings is 1. The third-order valence-corrected chi connectivity index (χ3v) is 5.22. The Labute approximate surface area is 156 Å². The van der Waals surface area contributed by atoms with Gasteiger partial charge in [0.15, 0.2) is 6.20 Å². The number of fused-ring (bicyclic) bond motifs is 1. The van der Waals surface area contributed by atoms with Gasteiger partial charge < -0.3 is 0 Å². The van der Waals surface area contributed by atoms with Crippen LogP contribution in [-0.2, 0) is 13.5 Å². The lowest BCUT2D eigenvalue weighted by atomic mass is 9.86. The van der Waals surface area contributed by atoms with Gasteiger partial charge in [-0.25, -0.2) is 4.57 Å². The molecule has 1 aromatic heterocycles. The molecule has 0 saturated heterocycles. The van der Waals surface area contributed by atoms with Crippen LogP contribution >= 0.6 is 0 Å². The van der Waals surface area contributed by atoms with Crippen molar-refractivity contribution in [2.24, 2.45) is 12.5 Å². The lowest BCUT2D eigenvalue weighted by molar-refractivity contribution is -0.659. The van der Waals surface area contributed by atoms with Gasteiger partial charge in [-0.2, -0.15) is 5.26 Å². The highest BCUT2D eigenvalue weighted by Gasteiger charge is 2.21. The topological polar surface area (TPSA) is 27.7 Å². The Morgan fingerprint density at radius 1 is 1.04 bits per heavy atom. The van der Waals surface area contributed by atoms with Crippen molar-refractivity contribution in [3.05, 3.63) is 64.8 Å². The molecule has 3 aromatic rings. The van der Waals surface area contributed by atoms with Crippen molar-refractivity contribution in [1.82, 2.24) is 0 Å². The molecular formula is C24H27N2+. The zero-order valence-electron chi connectivity index (χ0n) is 16.6. The molecule has 3 rings (SSSR count). The standard InChI is InChI=1S/C24H27N2/c1-16-11-17(2)18(3)22(12-16)23-21-8-7-19(14-24(4,5)15-25)13-20(21)9-10-26(23)6/h7-13H,14H2,1-6H3/q+1. The normalized spacial score (nSPS) is 11.6. The van der Waals surface area contributed by atoms with Gasteiger partial charge in [-0.1, -0.05) is 23.8 Å². The second-order valence-electron chi connectivity index (χ2n) is 8.12. The highest BCUT2D eigenvalue weighted by molar-refractivity contribution is 5.94. The first-order valence-corrected chi connectivity index (χ1v) is 9.12. The smallest absolute Gasteiger partial charge is 0.200 e. The molecule has 0 bridgehead atoms. The first kappa shape index (κ1) is 18.1. The van der Waals surface area contributed by atoms with Crippen LogP contribution in [0.15, 0.2) is 42.6 Å². The summed E-state index contributed by atoms with van der Waals surface area (Å²) in [5.74, 6) is 0. The average molecular weight is 343 g/mol. The van der Waals surface area contributed by atoms with Crippen molar-refractivity contribution in [2.45, 2.75) is 41.0 Å². The fraction of sp³-hybridized carbons (Fsp3) is 0.333. The van der Waals surface area contributed by atoms with Crippen molar-refractivity contribution in [2.75, 3.05) is 0 Å². The molecule has 0 radical (unpaired) electrons. The van der Waals surface area contributed by atoms with E-state index in [0.717, 1.165) is 6.42 Å². The molecule has 2 heteroatoms. The maximum Gasteiger partial charge on any atom is 0.220 e. The van der Waals surface area contributed by atoms with Crippen LogP contribution in [-0.4, -0.2) is 0 Å². The van der Waals surface area contributed by atoms with E-state index in [1.165, 1.54) is 44.3 Å². The minimum absolute atomic E-state index is 0.347. The molecule has 0 amide bonds. The summed E-state index contributed by atoms with van der Waals surface area (Å²) >= 11 is 0. The molecule has 0 fully saturated rings. The van der Waals surface area contributed by atoms with Crippen LogP contribution in [0.4, 0.5) is 0 Å². The zero-order chi connectivity index (χ0) is 19.1. The molecule has 26 heavy (non-hydrogen) atoms. The van der Waals surface area contributed by atoms with E-state index in [2.05, 4.69) is 81.1 Å². The first-order chi connectivity index (χ1) is 12.2. The molecule has 132 valence electrons. The molecule has 2 nitrogen and oxygen atoms in total. The van der Waals surface area contributed by atoms with E-state index in [1.807, 2.05) is 13.8 Å². The molecule has 0 N–H and O–H groups in total. The third kappa shape index (κ3) is 3.35. The number of benzene rings is 2. The van der Waals surface area contributed by atoms with Crippen LogP contribution in [0.3, 0.4) is 0 Å². The van der Waals surface area contributed by atoms with Crippen LogP contribution in [0, 0.1) is 37.5 Å². The van der Waals surface area contributed by atoms with Crippen LogP contribution in [0.2, 0.25) is 0 Å². The summed E-state index contributed by atoms with van der Waals surface area (Å²) in [5.41, 5.74) is 7.34. The SMILES string of the molecule is Cc1cc(C)c(C)c(-c2c3ccc(CC(C)(C)C#N)cc3cc[n+]2C)c1. The highest BCUT2D eigenvalue weighted by atomic mass is 14.9. The minimum atomic E-state index is -0.347. The summed E-state index contributed by atoms with van der Waals surface area (Å²) in [5, 5.41) is 11.8. The molecule has 0 aliphatic heterocycles. The summed E-state index contributed by atoms with van der Waals surface area (Å²) in [6, 6.07) is 15.7. The molecule has 2 aromatic carbocycles. The molecule has 0 aliphatic rings. The number of hydrogen-bond donors (Lipinski definition) is 0.